The molecule has 0 saturated heterocycles. The van der Waals surface area contributed by atoms with E-state index in [1.807, 2.05) is 0 Å². The Balaban J connectivity index is 2.14. The molecule has 2 aliphatic carbocycles. The monoisotopic (exact) mass is 198 g/mol. The minimum atomic E-state index is 0.0832. The number of fused-ring (bicyclic) bond motifs is 2. The molecule has 2 saturated carbocycles. The summed E-state index contributed by atoms with van der Waals surface area (Å²) in [6, 6.07) is 0. The molecule has 0 spiro atoms. The van der Waals surface area contributed by atoms with Gasteiger partial charge in [-0.2, -0.15) is 0 Å². The van der Waals surface area contributed by atoms with Crippen LogP contribution in [-0.2, 0) is 0 Å². The molecule has 0 aromatic carbocycles. The largest absolute Gasteiger partial charge is 0.396 e. The van der Waals surface area contributed by atoms with E-state index in [2.05, 4.69) is 0 Å². The van der Waals surface area contributed by atoms with Gasteiger partial charge in [-0.05, 0) is 42.9 Å². The average Bonchev–Trinajstić information content (AvgIpc) is 2.62. The first-order chi connectivity index (χ1) is 6.80. The van der Waals surface area contributed by atoms with Crippen LogP contribution >= 0.6 is 0 Å². The molecule has 2 bridgehead atoms. The van der Waals surface area contributed by atoms with Gasteiger partial charge in [-0.1, -0.05) is 19.3 Å². The second kappa shape index (κ2) is 4.19. The van der Waals surface area contributed by atoms with Crippen molar-refractivity contribution in [1.29, 1.82) is 0 Å². The fourth-order valence-corrected chi connectivity index (χ4v) is 3.58. The Morgan fingerprint density at radius 3 is 2.57 bits per heavy atom. The molecular weight excluding hydrogens is 176 g/mol. The Kier molecular flexibility index (Phi) is 3.13. The Morgan fingerprint density at radius 2 is 1.86 bits per heavy atom. The first kappa shape index (κ1) is 10.4. The zero-order valence-electron chi connectivity index (χ0n) is 8.91. The highest BCUT2D eigenvalue weighted by molar-refractivity contribution is 4.94. The highest BCUT2D eigenvalue weighted by Gasteiger charge is 2.44. The van der Waals surface area contributed by atoms with Crippen molar-refractivity contribution in [3.63, 3.8) is 0 Å². The second-order valence-electron chi connectivity index (χ2n) is 5.29. The van der Waals surface area contributed by atoms with Crippen LogP contribution in [0.3, 0.4) is 0 Å². The van der Waals surface area contributed by atoms with E-state index in [1.54, 1.807) is 0 Å². The fraction of sp³-hybridized carbons (Fsp3) is 1.00. The SMILES string of the molecule is OCC1CCCCC2CCC1(CO)C2. The normalized spacial score (nSPS) is 43.3. The van der Waals surface area contributed by atoms with Gasteiger partial charge in [0, 0.05) is 13.2 Å². The van der Waals surface area contributed by atoms with Crippen molar-refractivity contribution in [1.82, 2.24) is 0 Å². The summed E-state index contributed by atoms with van der Waals surface area (Å²) in [7, 11) is 0. The van der Waals surface area contributed by atoms with Crippen molar-refractivity contribution < 1.29 is 10.2 Å². The number of hydrogen-bond donors (Lipinski definition) is 2. The number of aliphatic hydroxyl groups is 2. The smallest absolute Gasteiger partial charge is 0.0491 e. The van der Waals surface area contributed by atoms with Gasteiger partial charge >= 0.3 is 0 Å². The van der Waals surface area contributed by atoms with Crippen LogP contribution in [0.15, 0.2) is 0 Å². The Bertz CT molecular complexity index is 193. The van der Waals surface area contributed by atoms with Gasteiger partial charge in [-0.25, -0.2) is 0 Å². The minimum Gasteiger partial charge on any atom is -0.396 e. The van der Waals surface area contributed by atoms with Gasteiger partial charge in [0.15, 0.2) is 0 Å². The summed E-state index contributed by atoms with van der Waals surface area (Å²) < 4.78 is 0. The van der Waals surface area contributed by atoms with Gasteiger partial charge in [0.1, 0.15) is 0 Å². The van der Waals surface area contributed by atoms with Crippen LogP contribution in [0.1, 0.15) is 44.9 Å². The molecule has 2 fully saturated rings. The van der Waals surface area contributed by atoms with Gasteiger partial charge in [-0.3, -0.25) is 0 Å². The van der Waals surface area contributed by atoms with Crippen LogP contribution in [0.5, 0.6) is 0 Å². The summed E-state index contributed by atoms with van der Waals surface area (Å²) in [6.45, 7) is 0.558. The summed E-state index contributed by atoms with van der Waals surface area (Å²) in [4.78, 5) is 0. The molecule has 0 heterocycles. The molecule has 0 aromatic rings. The molecular formula is C12H22O2. The Hall–Kier alpha value is -0.0800. The summed E-state index contributed by atoms with van der Waals surface area (Å²) in [5.41, 5.74) is 0.0832. The van der Waals surface area contributed by atoms with E-state index in [9.17, 15) is 10.2 Å². The van der Waals surface area contributed by atoms with Gasteiger partial charge in [0.25, 0.3) is 0 Å². The highest BCUT2D eigenvalue weighted by Crippen LogP contribution is 2.51. The van der Waals surface area contributed by atoms with E-state index in [0.29, 0.717) is 5.92 Å². The van der Waals surface area contributed by atoms with Crippen molar-refractivity contribution >= 4 is 0 Å². The van der Waals surface area contributed by atoms with Crippen LogP contribution in [0.4, 0.5) is 0 Å². The summed E-state index contributed by atoms with van der Waals surface area (Å²) in [5.74, 6) is 1.19. The highest BCUT2D eigenvalue weighted by atomic mass is 16.3. The van der Waals surface area contributed by atoms with Crippen molar-refractivity contribution in [3.05, 3.63) is 0 Å². The van der Waals surface area contributed by atoms with Crippen molar-refractivity contribution in [3.8, 4) is 0 Å². The molecule has 2 nitrogen and oxygen atoms in total. The first-order valence-electron chi connectivity index (χ1n) is 6.02. The lowest BCUT2D eigenvalue weighted by atomic mass is 9.70. The van der Waals surface area contributed by atoms with Gasteiger partial charge in [0.2, 0.25) is 0 Å². The number of rotatable bonds is 2. The third kappa shape index (κ3) is 1.70. The minimum absolute atomic E-state index is 0.0832. The molecule has 14 heavy (non-hydrogen) atoms. The zero-order chi connectivity index (χ0) is 10.0. The average molecular weight is 198 g/mol. The van der Waals surface area contributed by atoms with Crippen LogP contribution < -0.4 is 0 Å². The third-order valence-electron chi connectivity index (χ3n) is 4.56. The predicted octanol–water partition coefficient (Wildman–Crippen LogP) is 1.95. The molecule has 0 radical (unpaired) electrons. The van der Waals surface area contributed by atoms with E-state index in [1.165, 1.54) is 25.7 Å². The van der Waals surface area contributed by atoms with E-state index >= 15 is 0 Å². The molecule has 2 heteroatoms. The van der Waals surface area contributed by atoms with E-state index in [0.717, 1.165) is 25.2 Å². The molecule has 0 aromatic heterocycles. The van der Waals surface area contributed by atoms with Gasteiger partial charge in [-0.15, -0.1) is 0 Å². The Labute approximate surface area is 86.3 Å². The standard InChI is InChI=1S/C12H22O2/c13-8-11-4-2-1-3-10-5-6-12(11,7-10)9-14/h10-11,13-14H,1-9H2. The van der Waals surface area contributed by atoms with Crippen molar-refractivity contribution in [2.75, 3.05) is 13.2 Å². The topological polar surface area (TPSA) is 40.5 Å². The maximum absolute atomic E-state index is 9.58. The molecule has 2 rings (SSSR count). The summed E-state index contributed by atoms with van der Waals surface area (Å²) in [6.07, 6.45) is 8.60. The molecule has 3 atom stereocenters. The number of hydrogen-bond acceptors (Lipinski definition) is 2. The quantitative estimate of drug-likeness (QED) is 0.712. The predicted molar refractivity (Wildman–Crippen MR) is 55.9 cm³/mol. The summed E-state index contributed by atoms with van der Waals surface area (Å²) >= 11 is 0. The van der Waals surface area contributed by atoms with Crippen LogP contribution in [0, 0.1) is 17.3 Å². The molecule has 2 aliphatic rings. The molecule has 0 amide bonds. The third-order valence-corrected chi connectivity index (χ3v) is 4.56. The lowest BCUT2D eigenvalue weighted by Gasteiger charge is -2.36. The maximum Gasteiger partial charge on any atom is 0.0491 e. The Morgan fingerprint density at radius 1 is 1.07 bits per heavy atom. The molecule has 82 valence electrons. The lowest BCUT2D eigenvalue weighted by molar-refractivity contribution is 0.0186. The van der Waals surface area contributed by atoms with E-state index in [-0.39, 0.29) is 18.6 Å². The molecule has 3 unspecified atom stereocenters. The van der Waals surface area contributed by atoms with Crippen molar-refractivity contribution in [2.45, 2.75) is 44.9 Å². The first-order valence-corrected chi connectivity index (χ1v) is 6.02. The van der Waals surface area contributed by atoms with Gasteiger partial charge in [0.05, 0.1) is 0 Å². The number of aliphatic hydroxyl groups excluding tert-OH is 2. The van der Waals surface area contributed by atoms with E-state index in [4.69, 9.17) is 0 Å². The summed E-state index contributed by atoms with van der Waals surface area (Å²) in [5, 5.41) is 19.0. The molecule has 2 N–H and O–H groups in total. The second-order valence-corrected chi connectivity index (χ2v) is 5.29. The fourth-order valence-electron chi connectivity index (χ4n) is 3.58. The van der Waals surface area contributed by atoms with E-state index < -0.39 is 0 Å². The maximum atomic E-state index is 9.58. The lowest BCUT2D eigenvalue weighted by Crippen LogP contribution is -2.35. The van der Waals surface area contributed by atoms with Crippen LogP contribution in [-0.4, -0.2) is 23.4 Å². The van der Waals surface area contributed by atoms with Crippen LogP contribution in [0.25, 0.3) is 0 Å². The zero-order valence-corrected chi connectivity index (χ0v) is 8.91. The van der Waals surface area contributed by atoms with Crippen molar-refractivity contribution in [2.24, 2.45) is 17.3 Å². The van der Waals surface area contributed by atoms with Crippen LogP contribution in [0.2, 0.25) is 0 Å². The molecule has 0 aliphatic heterocycles. The van der Waals surface area contributed by atoms with Gasteiger partial charge < -0.3 is 10.2 Å².